The molecule has 0 heterocycles. The normalized spacial score (nSPS) is 30.9. The Bertz CT molecular complexity index is 150. The van der Waals surface area contributed by atoms with Crippen molar-refractivity contribution in [2.75, 3.05) is 0 Å². The van der Waals surface area contributed by atoms with Crippen molar-refractivity contribution in [3.8, 4) is 0 Å². The fraction of sp³-hybridized carbons (Fsp3) is 0.889. The van der Waals surface area contributed by atoms with E-state index >= 15 is 0 Å². The molecule has 0 aliphatic heterocycles. The third-order valence-corrected chi connectivity index (χ3v) is 2.48. The summed E-state index contributed by atoms with van der Waals surface area (Å²) in [6.45, 7) is 4.62. The molecule has 0 aromatic carbocycles. The third-order valence-electron chi connectivity index (χ3n) is 2.48. The van der Waals surface area contributed by atoms with Crippen molar-refractivity contribution in [1.82, 2.24) is 0 Å². The van der Waals surface area contributed by atoms with Crippen LogP contribution in [-0.4, -0.2) is 12.4 Å². The summed E-state index contributed by atoms with van der Waals surface area (Å²) in [6, 6.07) is 0.490. The van der Waals surface area contributed by atoms with Gasteiger partial charge < -0.3 is 5.73 Å². The molecule has 0 radical (unpaired) electrons. The minimum absolute atomic E-state index is 0.482. The van der Waals surface area contributed by atoms with Crippen LogP contribution in [0.2, 0.25) is 0 Å². The van der Waals surface area contributed by atoms with Crippen LogP contribution in [0.3, 0.4) is 0 Å². The van der Waals surface area contributed by atoms with Crippen molar-refractivity contribution >= 4 is 6.34 Å². The van der Waals surface area contributed by atoms with Crippen molar-refractivity contribution in [1.29, 1.82) is 0 Å². The molecule has 2 heteroatoms. The standard InChI is InChI=1S/C9H18N2/c1-9(2)5-3-4-8(6-9)11-7-10/h7-8H,3-6H2,1-2H3,(H2,10,11). The van der Waals surface area contributed by atoms with Crippen LogP contribution in [0.15, 0.2) is 4.99 Å². The highest BCUT2D eigenvalue weighted by Gasteiger charge is 2.26. The lowest BCUT2D eigenvalue weighted by atomic mass is 9.75. The average Bonchev–Trinajstić information content (AvgIpc) is 1.85. The van der Waals surface area contributed by atoms with Gasteiger partial charge in [-0.3, -0.25) is 4.99 Å². The predicted octanol–water partition coefficient (Wildman–Crippen LogP) is 1.94. The molecule has 2 N–H and O–H groups in total. The summed E-state index contributed by atoms with van der Waals surface area (Å²) in [6.07, 6.45) is 6.50. The Balaban J connectivity index is 2.46. The molecule has 1 aliphatic rings. The zero-order valence-corrected chi connectivity index (χ0v) is 7.51. The molecule has 1 aliphatic carbocycles. The molecular weight excluding hydrogens is 136 g/mol. The Labute approximate surface area is 68.9 Å². The summed E-state index contributed by atoms with van der Waals surface area (Å²) in [5.41, 5.74) is 5.74. The van der Waals surface area contributed by atoms with Gasteiger partial charge in [-0.15, -0.1) is 0 Å². The van der Waals surface area contributed by atoms with E-state index in [2.05, 4.69) is 18.8 Å². The average molecular weight is 154 g/mol. The van der Waals surface area contributed by atoms with Gasteiger partial charge in [0.2, 0.25) is 0 Å². The first-order chi connectivity index (χ1) is 5.14. The van der Waals surface area contributed by atoms with Crippen molar-refractivity contribution < 1.29 is 0 Å². The summed E-state index contributed by atoms with van der Waals surface area (Å²) < 4.78 is 0. The highest BCUT2D eigenvalue weighted by atomic mass is 14.8. The molecule has 1 rings (SSSR count). The maximum atomic E-state index is 5.26. The van der Waals surface area contributed by atoms with E-state index in [1.807, 2.05) is 0 Å². The van der Waals surface area contributed by atoms with E-state index < -0.39 is 0 Å². The van der Waals surface area contributed by atoms with E-state index in [0.29, 0.717) is 11.5 Å². The van der Waals surface area contributed by atoms with Crippen LogP contribution < -0.4 is 5.73 Å². The summed E-state index contributed by atoms with van der Waals surface area (Å²) in [5, 5.41) is 0. The van der Waals surface area contributed by atoms with Crippen LogP contribution in [0.4, 0.5) is 0 Å². The number of aliphatic imine (C=N–C) groups is 1. The predicted molar refractivity (Wildman–Crippen MR) is 48.7 cm³/mol. The first kappa shape index (κ1) is 8.57. The minimum Gasteiger partial charge on any atom is -0.390 e. The smallest absolute Gasteiger partial charge is 0.0801 e. The number of hydrogen-bond donors (Lipinski definition) is 1. The Morgan fingerprint density at radius 1 is 1.55 bits per heavy atom. The molecule has 0 saturated heterocycles. The minimum atomic E-state index is 0.482. The topological polar surface area (TPSA) is 38.4 Å². The zero-order chi connectivity index (χ0) is 8.32. The lowest BCUT2D eigenvalue weighted by Crippen LogP contribution is -2.25. The number of nitrogens with two attached hydrogens (primary N) is 1. The summed E-state index contributed by atoms with van der Waals surface area (Å²) >= 11 is 0. The lowest BCUT2D eigenvalue weighted by molar-refractivity contribution is 0.222. The second-order valence-corrected chi connectivity index (χ2v) is 4.21. The molecule has 1 fully saturated rings. The van der Waals surface area contributed by atoms with Crippen molar-refractivity contribution in [2.24, 2.45) is 16.1 Å². The Kier molecular flexibility index (Phi) is 2.53. The summed E-state index contributed by atoms with van der Waals surface area (Å²) in [7, 11) is 0. The molecule has 64 valence electrons. The largest absolute Gasteiger partial charge is 0.390 e. The van der Waals surface area contributed by atoms with Gasteiger partial charge in [-0.2, -0.15) is 0 Å². The fourth-order valence-corrected chi connectivity index (χ4v) is 1.91. The molecule has 0 aromatic heterocycles. The molecule has 1 saturated carbocycles. The van der Waals surface area contributed by atoms with Gasteiger partial charge >= 0.3 is 0 Å². The zero-order valence-electron chi connectivity index (χ0n) is 7.51. The van der Waals surface area contributed by atoms with E-state index in [-0.39, 0.29) is 0 Å². The van der Waals surface area contributed by atoms with Gasteiger partial charge in [0.25, 0.3) is 0 Å². The van der Waals surface area contributed by atoms with Crippen LogP contribution in [0.5, 0.6) is 0 Å². The summed E-state index contributed by atoms with van der Waals surface area (Å²) in [4.78, 5) is 4.23. The molecule has 11 heavy (non-hydrogen) atoms. The number of hydrogen-bond acceptors (Lipinski definition) is 1. The molecule has 2 nitrogen and oxygen atoms in total. The van der Waals surface area contributed by atoms with Crippen LogP contribution in [0.25, 0.3) is 0 Å². The van der Waals surface area contributed by atoms with Crippen LogP contribution in [0, 0.1) is 5.41 Å². The highest BCUT2D eigenvalue weighted by molar-refractivity contribution is 5.51. The molecule has 0 amide bonds. The quantitative estimate of drug-likeness (QED) is 0.455. The van der Waals surface area contributed by atoms with Gasteiger partial charge in [0, 0.05) is 0 Å². The van der Waals surface area contributed by atoms with E-state index in [9.17, 15) is 0 Å². The van der Waals surface area contributed by atoms with Crippen molar-refractivity contribution in [3.63, 3.8) is 0 Å². The van der Waals surface area contributed by atoms with Gasteiger partial charge in [0.15, 0.2) is 0 Å². The Morgan fingerprint density at radius 2 is 2.27 bits per heavy atom. The second-order valence-electron chi connectivity index (χ2n) is 4.21. The fourth-order valence-electron chi connectivity index (χ4n) is 1.91. The maximum Gasteiger partial charge on any atom is 0.0801 e. The Morgan fingerprint density at radius 3 is 2.82 bits per heavy atom. The van der Waals surface area contributed by atoms with E-state index in [1.54, 1.807) is 0 Å². The van der Waals surface area contributed by atoms with Gasteiger partial charge in [-0.1, -0.05) is 20.3 Å². The summed E-state index contributed by atoms with van der Waals surface area (Å²) in [5.74, 6) is 0. The molecule has 0 spiro atoms. The first-order valence-corrected chi connectivity index (χ1v) is 4.37. The molecule has 1 unspecified atom stereocenters. The number of rotatable bonds is 1. The van der Waals surface area contributed by atoms with Crippen molar-refractivity contribution in [3.05, 3.63) is 0 Å². The molecule has 0 bridgehead atoms. The molecule has 0 aromatic rings. The van der Waals surface area contributed by atoms with Crippen LogP contribution >= 0.6 is 0 Å². The SMILES string of the molecule is CC1(C)CCCC(N=CN)C1. The molecule has 1 atom stereocenters. The van der Waals surface area contributed by atoms with Gasteiger partial charge in [-0.05, 0) is 24.7 Å². The van der Waals surface area contributed by atoms with E-state index in [4.69, 9.17) is 5.73 Å². The van der Waals surface area contributed by atoms with Gasteiger partial charge in [0.1, 0.15) is 0 Å². The maximum absolute atomic E-state index is 5.26. The number of nitrogens with zero attached hydrogens (tertiary/aromatic N) is 1. The van der Waals surface area contributed by atoms with Crippen molar-refractivity contribution in [2.45, 2.75) is 45.6 Å². The van der Waals surface area contributed by atoms with Crippen LogP contribution in [0.1, 0.15) is 39.5 Å². The van der Waals surface area contributed by atoms with E-state index in [1.165, 1.54) is 32.0 Å². The first-order valence-electron chi connectivity index (χ1n) is 4.37. The van der Waals surface area contributed by atoms with Gasteiger partial charge in [0.05, 0.1) is 12.4 Å². The monoisotopic (exact) mass is 154 g/mol. The molecular formula is C9H18N2. The van der Waals surface area contributed by atoms with Crippen LogP contribution in [-0.2, 0) is 0 Å². The second kappa shape index (κ2) is 3.24. The lowest BCUT2D eigenvalue weighted by Gasteiger charge is -2.33. The third kappa shape index (κ3) is 2.52. The Hall–Kier alpha value is -0.530. The van der Waals surface area contributed by atoms with E-state index in [0.717, 1.165) is 0 Å². The van der Waals surface area contributed by atoms with Gasteiger partial charge in [-0.25, -0.2) is 0 Å². The highest BCUT2D eigenvalue weighted by Crippen LogP contribution is 2.36.